The first kappa shape index (κ1) is 29.2. The highest BCUT2D eigenvalue weighted by Crippen LogP contribution is 2.38. The van der Waals surface area contributed by atoms with Crippen molar-refractivity contribution in [2.45, 2.75) is 44.7 Å². The molecular formula is C29H32ClFN6O5. The van der Waals surface area contributed by atoms with Gasteiger partial charge in [-0.3, -0.25) is 10.1 Å². The Morgan fingerprint density at radius 2 is 1.98 bits per heavy atom. The molecule has 4 N–H and O–H groups in total. The average Bonchev–Trinajstić information content (AvgIpc) is 3.46. The molecule has 2 aromatic carbocycles. The van der Waals surface area contributed by atoms with Crippen molar-refractivity contribution < 1.29 is 28.2 Å². The molecule has 0 spiro atoms. The number of carbonyl (C=O) groups excluding carboxylic acids is 3. The number of rotatable bonds is 4. The van der Waals surface area contributed by atoms with Crippen molar-refractivity contribution in [2.75, 3.05) is 31.4 Å². The average molecular weight is 599 g/mol. The van der Waals surface area contributed by atoms with Crippen LogP contribution in [0.15, 0.2) is 36.5 Å². The number of benzene rings is 2. The molecular weight excluding hydrogens is 567 g/mol. The van der Waals surface area contributed by atoms with E-state index in [9.17, 15) is 14.4 Å². The summed E-state index contributed by atoms with van der Waals surface area (Å²) in [5.41, 5.74) is 2.45. The lowest BCUT2D eigenvalue weighted by atomic mass is 9.96. The molecule has 13 heteroatoms. The van der Waals surface area contributed by atoms with Crippen LogP contribution in [-0.2, 0) is 9.53 Å². The van der Waals surface area contributed by atoms with E-state index >= 15 is 4.39 Å². The number of nitrogens with zero attached hydrogens (tertiary/aromatic N) is 2. The molecule has 1 aromatic heterocycles. The van der Waals surface area contributed by atoms with Crippen LogP contribution in [0.3, 0.4) is 0 Å². The molecule has 222 valence electrons. The molecule has 1 fully saturated rings. The molecule has 0 aliphatic carbocycles. The fourth-order valence-corrected chi connectivity index (χ4v) is 5.62. The van der Waals surface area contributed by atoms with E-state index in [2.05, 4.69) is 30.7 Å². The lowest BCUT2D eigenvalue weighted by Crippen LogP contribution is -2.49. The molecule has 3 heterocycles. The van der Waals surface area contributed by atoms with Gasteiger partial charge in [-0.25, -0.2) is 19.0 Å². The first-order chi connectivity index (χ1) is 20.2. The maximum absolute atomic E-state index is 15.0. The Labute approximate surface area is 247 Å². The van der Waals surface area contributed by atoms with E-state index in [1.54, 1.807) is 35.4 Å². The highest BCUT2D eigenvalue weighted by Gasteiger charge is 2.36. The second-order valence-corrected chi connectivity index (χ2v) is 10.8. The van der Waals surface area contributed by atoms with Gasteiger partial charge in [-0.2, -0.15) is 0 Å². The zero-order valence-corrected chi connectivity index (χ0v) is 24.2. The largest absolute Gasteiger partial charge is 0.496 e. The molecule has 2 aliphatic heterocycles. The monoisotopic (exact) mass is 598 g/mol. The summed E-state index contributed by atoms with van der Waals surface area (Å²) in [5, 5.41) is 8.47. The van der Waals surface area contributed by atoms with Crippen LogP contribution in [0.5, 0.6) is 5.75 Å². The first-order valence-corrected chi connectivity index (χ1v) is 14.0. The molecule has 2 aliphatic rings. The first-order valence-electron chi connectivity index (χ1n) is 13.6. The Bertz CT molecular complexity index is 1510. The van der Waals surface area contributed by atoms with E-state index in [4.69, 9.17) is 16.3 Å². The number of urea groups is 1. The lowest BCUT2D eigenvalue weighted by Gasteiger charge is -2.38. The number of aromatic nitrogens is 2. The number of imidazole rings is 1. The van der Waals surface area contributed by atoms with Gasteiger partial charge in [-0.05, 0) is 49.6 Å². The van der Waals surface area contributed by atoms with Gasteiger partial charge >= 0.3 is 12.1 Å². The standard InChI is InChI=1S/C29H32ClFN6O5/c1-15-5-4-6-22(37-12-11-19(36-28(37)39)24-23(41-2)10-9-18(30)25(24)31)26-32-14-21(34-26)17-8-7-16(33-29(40)42-3)13-20(17)35-27(15)38/h7-10,13-15,19,22H,4-6,11-12H2,1-3H3,(H,32,34)(H,33,40)(H,35,38)(H,36,39). The Hall–Kier alpha value is -4.32. The topological polar surface area (TPSA) is 138 Å². The Balaban J connectivity index is 1.45. The third-order valence-corrected chi connectivity index (χ3v) is 8.02. The number of amides is 4. The van der Waals surface area contributed by atoms with E-state index in [0.29, 0.717) is 66.4 Å². The van der Waals surface area contributed by atoms with E-state index in [1.807, 2.05) is 6.92 Å². The highest BCUT2D eigenvalue weighted by atomic mass is 35.5. The maximum Gasteiger partial charge on any atom is 0.411 e. The molecule has 0 radical (unpaired) electrons. The van der Waals surface area contributed by atoms with Crippen molar-refractivity contribution in [2.24, 2.45) is 5.92 Å². The second kappa shape index (κ2) is 12.3. The number of aromatic amines is 1. The normalized spacial score (nSPS) is 20.8. The predicted octanol–water partition coefficient (Wildman–Crippen LogP) is 6.01. The van der Waals surface area contributed by atoms with Crippen molar-refractivity contribution >= 4 is 41.0 Å². The van der Waals surface area contributed by atoms with Gasteiger partial charge in [0.25, 0.3) is 0 Å². The van der Waals surface area contributed by atoms with Crippen LogP contribution in [0.4, 0.5) is 25.4 Å². The number of carbonyl (C=O) groups is 3. The zero-order chi connectivity index (χ0) is 30.0. The van der Waals surface area contributed by atoms with Gasteiger partial charge in [0.15, 0.2) is 5.82 Å². The fraction of sp³-hybridized carbons (Fsp3) is 0.379. The zero-order valence-electron chi connectivity index (χ0n) is 23.4. The van der Waals surface area contributed by atoms with Gasteiger partial charge in [0.1, 0.15) is 11.6 Å². The summed E-state index contributed by atoms with van der Waals surface area (Å²) < 4.78 is 25.0. The van der Waals surface area contributed by atoms with Crippen molar-refractivity contribution in [3.8, 4) is 17.0 Å². The van der Waals surface area contributed by atoms with Crippen molar-refractivity contribution in [3.05, 3.63) is 58.8 Å². The number of halogens is 2. The molecule has 5 rings (SSSR count). The van der Waals surface area contributed by atoms with Gasteiger partial charge in [-0.15, -0.1) is 0 Å². The number of hydrogen-bond acceptors (Lipinski definition) is 6. The van der Waals surface area contributed by atoms with Crippen LogP contribution in [-0.4, -0.2) is 53.7 Å². The number of H-pyrrole nitrogens is 1. The SMILES string of the molecule is COC(=O)Nc1ccc2c(c1)NC(=O)C(C)CCCC(N1CCC(c3c(OC)ccc(Cl)c3F)NC1=O)c1ncc-2[nH]1. The Morgan fingerprint density at radius 3 is 2.71 bits per heavy atom. The number of methoxy groups -OCH3 is 2. The lowest BCUT2D eigenvalue weighted by molar-refractivity contribution is -0.119. The molecule has 4 amide bonds. The van der Waals surface area contributed by atoms with Crippen LogP contribution in [0, 0.1) is 11.7 Å². The molecule has 3 unspecified atom stereocenters. The van der Waals surface area contributed by atoms with E-state index in [-0.39, 0.29) is 28.4 Å². The summed E-state index contributed by atoms with van der Waals surface area (Å²) >= 11 is 6.04. The quantitative estimate of drug-likeness (QED) is 0.290. The summed E-state index contributed by atoms with van der Waals surface area (Å²) in [5.74, 6) is -0.193. The highest BCUT2D eigenvalue weighted by molar-refractivity contribution is 6.30. The number of nitrogens with one attached hydrogen (secondary N) is 4. The molecule has 11 nitrogen and oxygen atoms in total. The molecule has 3 aromatic rings. The predicted molar refractivity (Wildman–Crippen MR) is 155 cm³/mol. The van der Waals surface area contributed by atoms with E-state index < -0.39 is 24.0 Å². The third kappa shape index (κ3) is 5.85. The van der Waals surface area contributed by atoms with Gasteiger partial charge in [0, 0.05) is 23.7 Å². The van der Waals surface area contributed by atoms with Crippen LogP contribution in [0.1, 0.15) is 56.1 Å². The van der Waals surface area contributed by atoms with Gasteiger partial charge < -0.3 is 30.0 Å². The van der Waals surface area contributed by atoms with Crippen molar-refractivity contribution in [1.82, 2.24) is 20.2 Å². The molecule has 2 bridgehead atoms. The van der Waals surface area contributed by atoms with Crippen LogP contribution in [0.25, 0.3) is 11.3 Å². The number of hydrogen-bond donors (Lipinski definition) is 4. The molecule has 3 atom stereocenters. The fourth-order valence-electron chi connectivity index (χ4n) is 5.46. The summed E-state index contributed by atoms with van der Waals surface area (Å²) in [6, 6.07) is 6.71. The third-order valence-electron chi connectivity index (χ3n) is 7.73. The number of fused-ring (bicyclic) bond motifs is 4. The van der Waals surface area contributed by atoms with Crippen molar-refractivity contribution in [3.63, 3.8) is 0 Å². The minimum absolute atomic E-state index is 0.0449. The minimum Gasteiger partial charge on any atom is -0.496 e. The van der Waals surface area contributed by atoms with Gasteiger partial charge in [0.05, 0.1) is 54.5 Å². The second-order valence-electron chi connectivity index (χ2n) is 10.4. The number of ether oxygens (including phenoxy) is 2. The van der Waals surface area contributed by atoms with Gasteiger partial charge in [-0.1, -0.05) is 24.9 Å². The molecule has 1 saturated heterocycles. The summed E-state index contributed by atoms with van der Waals surface area (Å²) in [4.78, 5) is 48.0. The maximum atomic E-state index is 15.0. The van der Waals surface area contributed by atoms with Gasteiger partial charge in [0.2, 0.25) is 5.91 Å². The van der Waals surface area contributed by atoms with Crippen LogP contribution >= 0.6 is 11.6 Å². The summed E-state index contributed by atoms with van der Waals surface area (Å²) in [6.07, 6.45) is 3.23. The number of anilines is 2. The van der Waals surface area contributed by atoms with E-state index in [1.165, 1.54) is 20.3 Å². The van der Waals surface area contributed by atoms with Crippen LogP contribution < -0.4 is 20.7 Å². The molecule has 42 heavy (non-hydrogen) atoms. The Kier molecular flexibility index (Phi) is 8.53. The van der Waals surface area contributed by atoms with E-state index in [0.717, 1.165) is 0 Å². The smallest absolute Gasteiger partial charge is 0.411 e. The van der Waals surface area contributed by atoms with Crippen LogP contribution in [0.2, 0.25) is 5.02 Å². The summed E-state index contributed by atoms with van der Waals surface area (Å²) in [6.45, 7) is 2.18. The summed E-state index contributed by atoms with van der Waals surface area (Å²) in [7, 11) is 2.71. The van der Waals surface area contributed by atoms with Crippen molar-refractivity contribution in [1.29, 1.82) is 0 Å². The Morgan fingerprint density at radius 1 is 1.17 bits per heavy atom. The molecule has 0 saturated carbocycles. The minimum atomic E-state index is -0.631.